The number of nitrogens with two attached hydrogens (primary N) is 1. The van der Waals surface area contributed by atoms with E-state index in [1.165, 1.54) is 16.5 Å². The Bertz CT molecular complexity index is 1180. The Balaban J connectivity index is 2.03. The Kier molecular flexibility index (Phi) is 4.23. The summed E-state index contributed by atoms with van der Waals surface area (Å²) >= 11 is 6.61. The molecule has 0 amide bonds. The van der Waals surface area contributed by atoms with Gasteiger partial charge >= 0.3 is 6.18 Å². The number of pyridine rings is 2. The van der Waals surface area contributed by atoms with Gasteiger partial charge in [0.1, 0.15) is 5.15 Å². The summed E-state index contributed by atoms with van der Waals surface area (Å²) in [5, 5.41) is 8.03. The van der Waals surface area contributed by atoms with Crippen molar-refractivity contribution in [3.8, 4) is 22.4 Å². The van der Waals surface area contributed by atoms with Crippen LogP contribution in [0.15, 0.2) is 48.7 Å². The van der Waals surface area contributed by atoms with Crippen molar-refractivity contribution in [2.75, 3.05) is 5.73 Å². The van der Waals surface area contributed by atoms with Crippen LogP contribution in [0.4, 0.5) is 19.1 Å². The van der Waals surface area contributed by atoms with Crippen molar-refractivity contribution in [1.29, 1.82) is 0 Å². The Labute approximate surface area is 162 Å². The highest BCUT2D eigenvalue weighted by molar-refractivity contribution is 6.33. The maximum atomic E-state index is 12.9. The third-order valence-electron chi connectivity index (χ3n) is 4.42. The van der Waals surface area contributed by atoms with E-state index in [0.717, 1.165) is 17.7 Å². The van der Waals surface area contributed by atoms with Crippen molar-refractivity contribution in [2.45, 2.75) is 13.1 Å². The Morgan fingerprint density at radius 2 is 1.79 bits per heavy atom. The molecule has 2 N–H and O–H groups in total. The maximum absolute atomic E-state index is 12.9. The summed E-state index contributed by atoms with van der Waals surface area (Å²) in [7, 11) is 0. The average molecular weight is 404 g/mol. The molecule has 9 heteroatoms. The number of nitrogen functional groups attached to an aromatic ring is 1. The van der Waals surface area contributed by atoms with E-state index in [-0.39, 0.29) is 11.1 Å². The molecule has 0 bridgehead atoms. The van der Waals surface area contributed by atoms with Gasteiger partial charge in [-0.3, -0.25) is 9.38 Å². The van der Waals surface area contributed by atoms with Gasteiger partial charge in [0.05, 0.1) is 11.3 Å². The number of nitrogens with zero attached hydrogens (tertiary/aromatic N) is 4. The number of fused-ring (bicyclic) bond motifs is 1. The lowest BCUT2D eigenvalue weighted by Gasteiger charge is -2.15. The molecule has 0 fully saturated rings. The van der Waals surface area contributed by atoms with Crippen LogP contribution in [0.2, 0.25) is 5.15 Å². The number of halogens is 4. The summed E-state index contributed by atoms with van der Waals surface area (Å²) in [5.74, 6) is 0.0810. The van der Waals surface area contributed by atoms with Gasteiger partial charge in [0.15, 0.2) is 5.65 Å². The Hall–Kier alpha value is -3.13. The second kappa shape index (κ2) is 6.49. The molecule has 0 aliphatic heterocycles. The molecule has 4 aromatic rings. The van der Waals surface area contributed by atoms with E-state index in [9.17, 15) is 13.2 Å². The van der Waals surface area contributed by atoms with Crippen LogP contribution in [-0.4, -0.2) is 19.6 Å². The fourth-order valence-electron chi connectivity index (χ4n) is 3.08. The number of aryl methyl sites for hydroxylation is 1. The van der Waals surface area contributed by atoms with Crippen molar-refractivity contribution >= 4 is 23.2 Å². The standard InChI is InChI=1S/C19H13ClF3N5/c1-10-3-2-8-25-16(10)13-9-14-26-27-18(24)28(14)17(20)15(13)11-4-6-12(7-5-11)19(21,22)23/h2-9H,1H3,(H2,24,27). The number of rotatable bonds is 2. The zero-order valence-electron chi connectivity index (χ0n) is 14.5. The van der Waals surface area contributed by atoms with Gasteiger partial charge in [0.25, 0.3) is 0 Å². The minimum absolute atomic E-state index is 0.0810. The molecule has 5 nitrogen and oxygen atoms in total. The normalized spacial score (nSPS) is 11.9. The van der Waals surface area contributed by atoms with Gasteiger partial charge in [0.2, 0.25) is 5.95 Å². The molecular weight excluding hydrogens is 391 g/mol. The number of hydrogen-bond acceptors (Lipinski definition) is 4. The van der Waals surface area contributed by atoms with Gasteiger partial charge in [-0.25, -0.2) is 0 Å². The maximum Gasteiger partial charge on any atom is 0.416 e. The minimum atomic E-state index is -4.43. The SMILES string of the molecule is Cc1cccnc1-c1cc2nnc(N)n2c(Cl)c1-c1ccc(C(F)(F)F)cc1. The molecule has 0 saturated heterocycles. The number of hydrogen-bond donors (Lipinski definition) is 1. The van der Waals surface area contributed by atoms with Crippen molar-refractivity contribution in [3.63, 3.8) is 0 Å². The Morgan fingerprint density at radius 1 is 1.07 bits per heavy atom. The third-order valence-corrected chi connectivity index (χ3v) is 4.78. The topological polar surface area (TPSA) is 69.1 Å². The first-order valence-electron chi connectivity index (χ1n) is 8.20. The van der Waals surface area contributed by atoms with Crippen molar-refractivity contribution in [2.24, 2.45) is 0 Å². The monoisotopic (exact) mass is 403 g/mol. The lowest BCUT2D eigenvalue weighted by atomic mass is 9.96. The second-order valence-corrected chi connectivity index (χ2v) is 6.58. The zero-order chi connectivity index (χ0) is 20.1. The summed E-state index contributed by atoms with van der Waals surface area (Å²) in [4.78, 5) is 4.42. The molecule has 0 atom stereocenters. The summed E-state index contributed by atoms with van der Waals surface area (Å²) in [6.45, 7) is 1.88. The van der Waals surface area contributed by atoms with E-state index in [0.29, 0.717) is 28.0 Å². The summed E-state index contributed by atoms with van der Waals surface area (Å²) in [6, 6.07) is 10.2. The Morgan fingerprint density at radius 3 is 2.43 bits per heavy atom. The van der Waals surface area contributed by atoms with Gasteiger partial charge < -0.3 is 5.73 Å². The molecule has 1 aromatic carbocycles. The van der Waals surface area contributed by atoms with Crippen molar-refractivity contribution in [3.05, 3.63) is 64.9 Å². The molecule has 0 aliphatic rings. The van der Waals surface area contributed by atoms with Crippen LogP contribution in [0, 0.1) is 6.92 Å². The van der Waals surface area contributed by atoms with Gasteiger partial charge in [-0.2, -0.15) is 13.2 Å². The first-order valence-corrected chi connectivity index (χ1v) is 8.58. The predicted octanol–water partition coefficient (Wildman–Crippen LogP) is 5.02. The predicted molar refractivity (Wildman–Crippen MR) is 101 cm³/mol. The molecule has 0 aliphatic carbocycles. The summed E-state index contributed by atoms with van der Waals surface area (Å²) < 4.78 is 40.3. The molecule has 0 spiro atoms. The fraction of sp³-hybridized carbons (Fsp3) is 0.105. The van der Waals surface area contributed by atoms with E-state index >= 15 is 0 Å². The van der Waals surface area contributed by atoms with Crippen LogP contribution in [-0.2, 0) is 6.18 Å². The van der Waals surface area contributed by atoms with E-state index in [1.54, 1.807) is 18.3 Å². The molecule has 4 rings (SSSR count). The summed E-state index contributed by atoms with van der Waals surface area (Å²) in [6.07, 6.45) is -2.79. The molecule has 0 saturated carbocycles. The smallest absolute Gasteiger partial charge is 0.368 e. The van der Waals surface area contributed by atoms with E-state index < -0.39 is 11.7 Å². The van der Waals surface area contributed by atoms with E-state index in [1.807, 2.05) is 13.0 Å². The molecular formula is C19H13ClF3N5. The lowest BCUT2D eigenvalue weighted by Crippen LogP contribution is -2.04. The first kappa shape index (κ1) is 18.2. The van der Waals surface area contributed by atoms with Crippen molar-refractivity contribution in [1.82, 2.24) is 19.6 Å². The number of benzene rings is 1. The highest BCUT2D eigenvalue weighted by atomic mass is 35.5. The first-order chi connectivity index (χ1) is 13.3. The van der Waals surface area contributed by atoms with Gasteiger partial charge in [-0.15, -0.1) is 10.2 Å². The van der Waals surface area contributed by atoms with Gasteiger partial charge in [0, 0.05) is 17.3 Å². The summed E-state index contributed by atoms with van der Waals surface area (Å²) in [5.41, 5.74) is 8.67. The van der Waals surface area contributed by atoms with Crippen LogP contribution in [0.5, 0.6) is 0 Å². The number of aromatic nitrogens is 4. The van der Waals surface area contributed by atoms with E-state index in [4.69, 9.17) is 17.3 Å². The molecule has 3 heterocycles. The quantitative estimate of drug-likeness (QED) is 0.477. The fourth-order valence-corrected chi connectivity index (χ4v) is 3.47. The molecule has 0 unspecified atom stereocenters. The average Bonchev–Trinajstić information content (AvgIpc) is 3.02. The van der Waals surface area contributed by atoms with Crippen LogP contribution < -0.4 is 5.73 Å². The third kappa shape index (κ3) is 2.95. The van der Waals surface area contributed by atoms with Crippen LogP contribution in [0.3, 0.4) is 0 Å². The lowest BCUT2D eigenvalue weighted by molar-refractivity contribution is -0.137. The van der Waals surface area contributed by atoms with Crippen molar-refractivity contribution < 1.29 is 13.2 Å². The van der Waals surface area contributed by atoms with Gasteiger partial charge in [-0.1, -0.05) is 29.8 Å². The highest BCUT2D eigenvalue weighted by Gasteiger charge is 2.30. The minimum Gasteiger partial charge on any atom is -0.368 e. The molecule has 142 valence electrons. The van der Waals surface area contributed by atoms with Gasteiger partial charge in [-0.05, 0) is 42.3 Å². The van der Waals surface area contributed by atoms with E-state index in [2.05, 4.69) is 15.2 Å². The number of anilines is 1. The molecule has 3 aromatic heterocycles. The van der Waals surface area contributed by atoms with Crippen LogP contribution in [0.25, 0.3) is 28.0 Å². The second-order valence-electron chi connectivity index (χ2n) is 6.22. The largest absolute Gasteiger partial charge is 0.416 e. The number of alkyl halides is 3. The zero-order valence-corrected chi connectivity index (χ0v) is 15.3. The van der Waals surface area contributed by atoms with Crippen LogP contribution >= 0.6 is 11.6 Å². The molecule has 28 heavy (non-hydrogen) atoms. The molecule has 0 radical (unpaired) electrons. The van der Waals surface area contributed by atoms with Crippen LogP contribution in [0.1, 0.15) is 11.1 Å². The highest BCUT2D eigenvalue weighted by Crippen LogP contribution is 2.40.